The van der Waals surface area contributed by atoms with E-state index in [-0.39, 0.29) is 6.04 Å². The minimum atomic E-state index is 0.137. The quantitative estimate of drug-likeness (QED) is 0.633. The third-order valence-corrected chi connectivity index (χ3v) is 5.44. The fourth-order valence-corrected chi connectivity index (χ4v) is 3.73. The van der Waals surface area contributed by atoms with Crippen LogP contribution in [0, 0.1) is 6.92 Å². The average molecular weight is 381 g/mol. The average Bonchev–Trinajstić information content (AvgIpc) is 2.84. The molecule has 0 saturated heterocycles. The normalized spacial score (nSPS) is 17.7. The zero-order valence-electron chi connectivity index (χ0n) is 12.2. The lowest BCUT2D eigenvalue weighted by Gasteiger charge is -2.26. The third-order valence-electron chi connectivity index (χ3n) is 3.45. The highest BCUT2D eigenvalue weighted by Gasteiger charge is 2.21. The number of aromatic nitrogens is 1. The SMILES string of the molecule is Cc1nc(CN=C(N)NC2CCOc3ccccc32)sc1Br. The maximum Gasteiger partial charge on any atom is 0.189 e. The van der Waals surface area contributed by atoms with Gasteiger partial charge in [0, 0.05) is 12.0 Å². The summed E-state index contributed by atoms with van der Waals surface area (Å²) >= 11 is 5.05. The summed E-state index contributed by atoms with van der Waals surface area (Å²) in [6.45, 7) is 3.13. The van der Waals surface area contributed by atoms with Crippen molar-refractivity contribution in [3.05, 3.63) is 44.3 Å². The number of benzene rings is 1. The predicted molar refractivity (Wildman–Crippen MR) is 92.3 cm³/mol. The van der Waals surface area contributed by atoms with Gasteiger partial charge in [-0.3, -0.25) is 0 Å². The summed E-state index contributed by atoms with van der Waals surface area (Å²) in [5.41, 5.74) is 8.13. The predicted octanol–water partition coefficient (Wildman–Crippen LogP) is 3.14. The van der Waals surface area contributed by atoms with E-state index in [4.69, 9.17) is 10.5 Å². The smallest absolute Gasteiger partial charge is 0.189 e. The number of rotatable bonds is 3. The molecule has 5 nitrogen and oxygen atoms in total. The van der Waals surface area contributed by atoms with E-state index in [0.717, 1.165) is 32.2 Å². The van der Waals surface area contributed by atoms with E-state index in [1.807, 2.05) is 25.1 Å². The molecule has 0 amide bonds. The lowest BCUT2D eigenvalue weighted by Crippen LogP contribution is -2.37. The van der Waals surface area contributed by atoms with Crippen LogP contribution < -0.4 is 15.8 Å². The molecule has 116 valence electrons. The largest absolute Gasteiger partial charge is 0.493 e. The molecule has 2 aromatic rings. The van der Waals surface area contributed by atoms with Crippen LogP contribution in [-0.2, 0) is 6.54 Å². The van der Waals surface area contributed by atoms with Crippen molar-refractivity contribution in [2.45, 2.75) is 25.9 Å². The Bertz CT molecular complexity index is 681. The van der Waals surface area contributed by atoms with Crippen LogP contribution in [0.2, 0.25) is 0 Å². The first-order valence-electron chi connectivity index (χ1n) is 7.03. The number of halogens is 1. The van der Waals surface area contributed by atoms with Gasteiger partial charge in [-0.2, -0.15) is 0 Å². The number of nitrogens with zero attached hydrogens (tertiary/aromatic N) is 2. The first kappa shape index (κ1) is 15.3. The van der Waals surface area contributed by atoms with Gasteiger partial charge in [-0.25, -0.2) is 9.98 Å². The van der Waals surface area contributed by atoms with Crippen molar-refractivity contribution in [3.8, 4) is 5.75 Å². The summed E-state index contributed by atoms with van der Waals surface area (Å²) in [7, 11) is 0. The van der Waals surface area contributed by atoms with E-state index >= 15 is 0 Å². The van der Waals surface area contributed by atoms with Gasteiger partial charge >= 0.3 is 0 Å². The molecule has 3 N–H and O–H groups in total. The number of nitrogens with one attached hydrogen (secondary N) is 1. The van der Waals surface area contributed by atoms with Crippen molar-refractivity contribution >= 4 is 33.2 Å². The number of guanidine groups is 1. The fourth-order valence-electron chi connectivity index (χ4n) is 2.37. The van der Waals surface area contributed by atoms with Crippen LogP contribution in [0.15, 0.2) is 33.0 Å². The standard InChI is InChI=1S/C15H17BrN4OS/c1-9-14(16)22-13(19-9)8-18-15(17)20-11-6-7-21-12-5-3-2-4-10(11)12/h2-5,11H,6-8H2,1H3,(H3,17,18,20). The summed E-state index contributed by atoms with van der Waals surface area (Å²) in [6.07, 6.45) is 0.870. The lowest BCUT2D eigenvalue weighted by molar-refractivity contribution is 0.262. The number of fused-ring (bicyclic) bond motifs is 1. The monoisotopic (exact) mass is 380 g/mol. The Morgan fingerprint density at radius 1 is 1.55 bits per heavy atom. The van der Waals surface area contributed by atoms with Gasteiger partial charge in [-0.1, -0.05) is 18.2 Å². The van der Waals surface area contributed by atoms with Crippen LogP contribution >= 0.6 is 27.3 Å². The Hall–Kier alpha value is -1.60. The Balaban J connectivity index is 1.67. The molecule has 0 saturated carbocycles. The Kier molecular flexibility index (Phi) is 4.63. The molecule has 1 aliphatic rings. The highest BCUT2D eigenvalue weighted by molar-refractivity contribution is 9.11. The van der Waals surface area contributed by atoms with Gasteiger partial charge in [0.1, 0.15) is 10.8 Å². The molecule has 0 aliphatic carbocycles. The second kappa shape index (κ2) is 6.66. The molecule has 1 atom stereocenters. The number of hydrogen-bond donors (Lipinski definition) is 2. The van der Waals surface area contributed by atoms with Crippen LogP contribution in [0.4, 0.5) is 0 Å². The second-order valence-corrected chi connectivity index (χ2v) is 7.44. The van der Waals surface area contributed by atoms with E-state index in [1.54, 1.807) is 11.3 Å². The van der Waals surface area contributed by atoms with Crippen LogP contribution in [-0.4, -0.2) is 17.6 Å². The zero-order valence-corrected chi connectivity index (χ0v) is 14.6. The molecule has 22 heavy (non-hydrogen) atoms. The molecule has 7 heteroatoms. The number of nitrogens with two attached hydrogens (primary N) is 1. The Morgan fingerprint density at radius 3 is 3.14 bits per heavy atom. The minimum Gasteiger partial charge on any atom is -0.493 e. The van der Waals surface area contributed by atoms with E-state index < -0.39 is 0 Å². The lowest BCUT2D eigenvalue weighted by atomic mass is 10.0. The van der Waals surface area contributed by atoms with Crippen molar-refractivity contribution in [1.82, 2.24) is 10.3 Å². The summed E-state index contributed by atoms with van der Waals surface area (Å²) in [5.74, 6) is 1.35. The number of aryl methyl sites for hydroxylation is 1. The number of hydrogen-bond acceptors (Lipinski definition) is 4. The molecule has 0 radical (unpaired) electrons. The van der Waals surface area contributed by atoms with E-state index in [2.05, 4.69) is 37.3 Å². The summed E-state index contributed by atoms with van der Waals surface area (Å²) in [5, 5.41) is 4.23. The molecule has 0 spiro atoms. The van der Waals surface area contributed by atoms with E-state index in [9.17, 15) is 0 Å². The zero-order chi connectivity index (χ0) is 15.5. The maximum atomic E-state index is 6.02. The fraction of sp³-hybridized carbons (Fsp3) is 0.333. The van der Waals surface area contributed by atoms with Gasteiger partial charge in [0.25, 0.3) is 0 Å². The Morgan fingerprint density at radius 2 is 2.36 bits per heavy atom. The molecule has 1 aliphatic heterocycles. The third kappa shape index (κ3) is 3.41. The van der Waals surface area contributed by atoms with Gasteiger partial charge in [-0.05, 0) is 28.9 Å². The summed E-state index contributed by atoms with van der Waals surface area (Å²) in [4.78, 5) is 8.81. The molecule has 2 heterocycles. The number of thiazole rings is 1. The highest BCUT2D eigenvalue weighted by atomic mass is 79.9. The summed E-state index contributed by atoms with van der Waals surface area (Å²) < 4.78 is 6.69. The molecule has 1 unspecified atom stereocenters. The van der Waals surface area contributed by atoms with Gasteiger partial charge < -0.3 is 15.8 Å². The molecule has 1 aromatic heterocycles. The molecule has 0 bridgehead atoms. The molecule has 1 aromatic carbocycles. The van der Waals surface area contributed by atoms with E-state index in [0.29, 0.717) is 19.1 Å². The van der Waals surface area contributed by atoms with Gasteiger partial charge in [0.15, 0.2) is 5.96 Å². The van der Waals surface area contributed by atoms with Crippen LogP contribution in [0.5, 0.6) is 5.75 Å². The van der Waals surface area contributed by atoms with Gasteiger partial charge in [0.05, 0.1) is 28.7 Å². The number of aliphatic imine (C=N–C) groups is 1. The van der Waals surface area contributed by atoms with Crippen LogP contribution in [0.25, 0.3) is 0 Å². The van der Waals surface area contributed by atoms with Gasteiger partial charge in [-0.15, -0.1) is 11.3 Å². The van der Waals surface area contributed by atoms with Crippen molar-refractivity contribution in [3.63, 3.8) is 0 Å². The summed E-state index contributed by atoms with van der Waals surface area (Å²) in [6, 6.07) is 8.15. The Labute approximate surface area is 141 Å². The molecule has 0 fully saturated rings. The minimum absolute atomic E-state index is 0.137. The van der Waals surface area contributed by atoms with Crippen molar-refractivity contribution in [2.75, 3.05) is 6.61 Å². The van der Waals surface area contributed by atoms with Crippen molar-refractivity contribution < 1.29 is 4.74 Å². The van der Waals surface area contributed by atoms with Crippen LogP contribution in [0.3, 0.4) is 0 Å². The second-order valence-electron chi connectivity index (χ2n) is 5.04. The number of para-hydroxylation sites is 1. The van der Waals surface area contributed by atoms with Crippen molar-refractivity contribution in [2.24, 2.45) is 10.7 Å². The van der Waals surface area contributed by atoms with Crippen LogP contribution in [0.1, 0.15) is 28.7 Å². The molecular formula is C15H17BrN4OS. The topological polar surface area (TPSA) is 72.5 Å². The highest BCUT2D eigenvalue weighted by Crippen LogP contribution is 2.31. The van der Waals surface area contributed by atoms with Crippen molar-refractivity contribution in [1.29, 1.82) is 0 Å². The van der Waals surface area contributed by atoms with E-state index in [1.165, 1.54) is 0 Å². The van der Waals surface area contributed by atoms with Gasteiger partial charge in [0.2, 0.25) is 0 Å². The maximum absolute atomic E-state index is 6.02. The molecule has 3 rings (SSSR count). The number of ether oxygens (including phenoxy) is 1. The first-order chi connectivity index (χ1) is 10.6. The first-order valence-corrected chi connectivity index (χ1v) is 8.64. The molecular weight excluding hydrogens is 364 g/mol.